The zero-order valence-corrected chi connectivity index (χ0v) is 14.3. The van der Waals surface area contributed by atoms with Crippen molar-refractivity contribution in [3.63, 3.8) is 0 Å². The number of likely N-dealkylation sites (tertiary alicyclic amines) is 1. The smallest absolute Gasteiger partial charge is 0.225 e. The number of rotatable bonds is 6. The molecule has 0 aliphatic carbocycles. The van der Waals surface area contributed by atoms with E-state index < -0.39 is 0 Å². The van der Waals surface area contributed by atoms with Crippen molar-refractivity contribution in [2.75, 3.05) is 13.1 Å². The molecule has 2 heterocycles. The highest BCUT2D eigenvalue weighted by molar-refractivity contribution is 5.78. The van der Waals surface area contributed by atoms with Crippen LogP contribution >= 0.6 is 0 Å². The molecule has 134 valence electrons. The maximum atomic E-state index is 13.2. The number of aliphatic hydroxyl groups excluding tert-OH is 1. The summed E-state index contributed by atoms with van der Waals surface area (Å²) in [6.07, 6.45) is 3.94. The minimum Gasteiger partial charge on any atom is -0.390 e. The molecule has 1 amide bonds. The van der Waals surface area contributed by atoms with Crippen LogP contribution < -0.4 is 0 Å². The van der Waals surface area contributed by atoms with Crippen LogP contribution in [0.5, 0.6) is 0 Å². The van der Waals surface area contributed by atoms with Gasteiger partial charge >= 0.3 is 0 Å². The van der Waals surface area contributed by atoms with E-state index >= 15 is 0 Å². The van der Waals surface area contributed by atoms with Gasteiger partial charge in [0.25, 0.3) is 0 Å². The first kappa shape index (κ1) is 17.5. The van der Waals surface area contributed by atoms with Gasteiger partial charge in [0.2, 0.25) is 5.91 Å². The number of aliphatic hydroxyl groups is 1. The van der Waals surface area contributed by atoms with Gasteiger partial charge in [-0.15, -0.1) is 5.10 Å². The van der Waals surface area contributed by atoms with Crippen molar-refractivity contribution in [2.24, 2.45) is 5.92 Å². The number of carbonyl (C=O) groups is 1. The normalized spacial score (nSPS) is 18.5. The van der Waals surface area contributed by atoms with Gasteiger partial charge in [0.1, 0.15) is 11.5 Å². The van der Waals surface area contributed by atoms with Crippen molar-refractivity contribution in [3.8, 4) is 0 Å². The highest BCUT2D eigenvalue weighted by Gasteiger charge is 2.30. The summed E-state index contributed by atoms with van der Waals surface area (Å²) < 4.78 is 15.0. The Labute approximate surface area is 146 Å². The number of hydrogen-bond donors (Lipinski definition) is 1. The van der Waals surface area contributed by atoms with Crippen LogP contribution in [0.15, 0.2) is 30.5 Å². The summed E-state index contributed by atoms with van der Waals surface area (Å²) in [6, 6.07) is 6.63. The van der Waals surface area contributed by atoms with E-state index in [1.165, 1.54) is 12.1 Å². The van der Waals surface area contributed by atoms with Gasteiger partial charge in [-0.25, -0.2) is 9.07 Å². The third kappa shape index (κ3) is 4.22. The van der Waals surface area contributed by atoms with E-state index in [-0.39, 0.29) is 30.3 Å². The van der Waals surface area contributed by atoms with E-state index in [4.69, 9.17) is 5.11 Å². The fourth-order valence-corrected chi connectivity index (χ4v) is 3.23. The minimum atomic E-state index is -0.242. The molecule has 1 aromatic heterocycles. The van der Waals surface area contributed by atoms with Gasteiger partial charge in [-0.2, -0.15) is 0 Å². The van der Waals surface area contributed by atoms with E-state index in [0.717, 1.165) is 12.0 Å². The number of nitrogens with zero attached hydrogens (tertiary/aromatic N) is 4. The first-order valence-corrected chi connectivity index (χ1v) is 8.61. The molecule has 25 heavy (non-hydrogen) atoms. The Bertz CT molecular complexity index is 733. The van der Waals surface area contributed by atoms with Gasteiger partial charge in [-0.05, 0) is 37.0 Å². The van der Waals surface area contributed by atoms with Gasteiger partial charge in [-0.3, -0.25) is 4.79 Å². The Balaban J connectivity index is 1.52. The Morgan fingerprint density at radius 1 is 1.48 bits per heavy atom. The summed E-state index contributed by atoms with van der Waals surface area (Å²) in [5, 5.41) is 17.0. The quantitative estimate of drug-likeness (QED) is 0.868. The summed E-state index contributed by atoms with van der Waals surface area (Å²) in [5.74, 6) is -0.221. The molecule has 0 saturated carbocycles. The number of carbonyl (C=O) groups excluding carboxylic acids is 1. The lowest BCUT2D eigenvalue weighted by Gasteiger charge is -2.21. The molecule has 1 N–H and O–H groups in total. The van der Waals surface area contributed by atoms with Crippen molar-refractivity contribution in [1.82, 2.24) is 19.9 Å². The molecular weight excluding hydrogens is 323 g/mol. The molecule has 0 bridgehead atoms. The van der Waals surface area contributed by atoms with Crippen LogP contribution in [-0.4, -0.2) is 44.0 Å². The average Bonchev–Trinajstić information content (AvgIpc) is 3.27. The van der Waals surface area contributed by atoms with Crippen molar-refractivity contribution < 1.29 is 14.3 Å². The average molecular weight is 346 g/mol. The molecule has 3 rings (SSSR count). The standard InChI is InChI=1S/C18H23FN4O2/c1-13(5-6-14-3-2-4-15(19)9-14)18(25)22-8-7-17(11-22)23-10-16(12-24)20-21-23/h2-4,9-10,13,17,24H,5-8,11-12H2,1H3. The van der Waals surface area contributed by atoms with Crippen LogP contribution in [0.25, 0.3) is 0 Å². The van der Waals surface area contributed by atoms with Gasteiger partial charge in [0.15, 0.2) is 0 Å². The highest BCUT2D eigenvalue weighted by atomic mass is 19.1. The van der Waals surface area contributed by atoms with E-state index in [2.05, 4.69) is 10.3 Å². The SMILES string of the molecule is CC(CCc1cccc(F)c1)C(=O)N1CCC(n2cc(CO)nn2)C1. The predicted octanol–water partition coefficient (Wildman–Crippen LogP) is 1.95. The highest BCUT2D eigenvalue weighted by Crippen LogP contribution is 2.23. The second-order valence-electron chi connectivity index (χ2n) is 6.64. The number of amides is 1. The molecule has 1 aromatic carbocycles. The molecule has 0 spiro atoms. The number of hydrogen-bond acceptors (Lipinski definition) is 4. The summed E-state index contributed by atoms with van der Waals surface area (Å²) in [4.78, 5) is 14.5. The van der Waals surface area contributed by atoms with E-state index in [0.29, 0.717) is 31.6 Å². The third-order valence-electron chi connectivity index (χ3n) is 4.75. The molecule has 1 saturated heterocycles. The minimum absolute atomic E-state index is 0.104. The van der Waals surface area contributed by atoms with Crippen molar-refractivity contribution in [1.29, 1.82) is 0 Å². The third-order valence-corrected chi connectivity index (χ3v) is 4.75. The molecule has 2 atom stereocenters. The van der Waals surface area contributed by atoms with Crippen molar-refractivity contribution >= 4 is 5.91 Å². The van der Waals surface area contributed by atoms with Gasteiger partial charge < -0.3 is 10.0 Å². The van der Waals surface area contributed by atoms with Crippen LogP contribution in [0, 0.1) is 11.7 Å². The summed E-state index contributed by atoms with van der Waals surface area (Å²) in [7, 11) is 0. The molecule has 1 aliphatic heterocycles. The molecule has 1 fully saturated rings. The molecule has 0 radical (unpaired) electrons. The van der Waals surface area contributed by atoms with E-state index in [9.17, 15) is 9.18 Å². The van der Waals surface area contributed by atoms with E-state index in [1.807, 2.05) is 17.9 Å². The molecular formula is C18H23FN4O2. The van der Waals surface area contributed by atoms with E-state index in [1.54, 1.807) is 16.9 Å². The summed E-state index contributed by atoms with van der Waals surface area (Å²) in [6.45, 7) is 3.10. The largest absolute Gasteiger partial charge is 0.390 e. The fraction of sp³-hybridized carbons (Fsp3) is 0.500. The monoisotopic (exact) mass is 346 g/mol. The van der Waals surface area contributed by atoms with Gasteiger partial charge in [-0.1, -0.05) is 24.3 Å². The van der Waals surface area contributed by atoms with Crippen LogP contribution in [0.4, 0.5) is 4.39 Å². The Morgan fingerprint density at radius 3 is 3.04 bits per heavy atom. The first-order chi connectivity index (χ1) is 12.1. The maximum Gasteiger partial charge on any atom is 0.225 e. The lowest BCUT2D eigenvalue weighted by Crippen LogP contribution is -2.33. The van der Waals surface area contributed by atoms with Crippen LogP contribution in [0.2, 0.25) is 0 Å². The number of benzene rings is 1. The van der Waals surface area contributed by atoms with Crippen LogP contribution in [0.3, 0.4) is 0 Å². The van der Waals surface area contributed by atoms with Crippen molar-refractivity contribution in [3.05, 3.63) is 47.5 Å². The number of aromatic nitrogens is 3. The zero-order valence-electron chi connectivity index (χ0n) is 14.3. The van der Waals surface area contributed by atoms with Crippen LogP contribution in [0.1, 0.15) is 37.1 Å². The fourth-order valence-electron chi connectivity index (χ4n) is 3.23. The zero-order chi connectivity index (χ0) is 17.8. The Kier molecular flexibility index (Phi) is 5.43. The second kappa shape index (κ2) is 7.74. The number of aryl methyl sites for hydroxylation is 1. The topological polar surface area (TPSA) is 71.2 Å². The summed E-state index contributed by atoms with van der Waals surface area (Å²) in [5.41, 5.74) is 1.45. The Hall–Kier alpha value is -2.28. The molecule has 7 heteroatoms. The molecule has 1 aliphatic rings. The van der Waals surface area contributed by atoms with Gasteiger partial charge in [0.05, 0.1) is 18.8 Å². The maximum absolute atomic E-state index is 13.2. The molecule has 2 unspecified atom stereocenters. The van der Waals surface area contributed by atoms with Crippen LogP contribution in [-0.2, 0) is 17.8 Å². The summed E-state index contributed by atoms with van der Waals surface area (Å²) >= 11 is 0. The molecule has 2 aromatic rings. The lowest BCUT2D eigenvalue weighted by atomic mass is 10.00. The molecule has 6 nitrogen and oxygen atoms in total. The first-order valence-electron chi connectivity index (χ1n) is 8.61. The Morgan fingerprint density at radius 2 is 2.32 bits per heavy atom. The predicted molar refractivity (Wildman–Crippen MR) is 90.1 cm³/mol. The second-order valence-corrected chi connectivity index (χ2v) is 6.64. The van der Waals surface area contributed by atoms with Crippen molar-refractivity contribution in [2.45, 2.75) is 38.8 Å². The van der Waals surface area contributed by atoms with Gasteiger partial charge in [0, 0.05) is 19.0 Å². The number of halogens is 1. The lowest BCUT2D eigenvalue weighted by molar-refractivity contribution is -0.134.